The minimum atomic E-state index is -0.771. The highest BCUT2D eigenvalue weighted by Gasteiger charge is 2.17. The van der Waals surface area contributed by atoms with Crippen LogP contribution in [-0.4, -0.2) is 24.9 Å². The van der Waals surface area contributed by atoms with Gasteiger partial charge in [-0.2, -0.15) is 5.10 Å². The molecule has 1 N–H and O–H groups in total. The van der Waals surface area contributed by atoms with Gasteiger partial charge in [0.1, 0.15) is 11.3 Å². The summed E-state index contributed by atoms with van der Waals surface area (Å²) in [4.78, 5) is 7.94. The van der Waals surface area contributed by atoms with Crippen molar-refractivity contribution in [2.75, 3.05) is 0 Å². The van der Waals surface area contributed by atoms with E-state index < -0.39 is 6.10 Å². The van der Waals surface area contributed by atoms with Crippen molar-refractivity contribution in [3.8, 4) is 0 Å². The van der Waals surface area contributed by atoms with Crippen molar-refractivity contribution in [1.29, 1.82) is 0 Å². The summed E-state index contributed by atoms with van der Waals surface area (Å²) in [5, 5.41) is 16.1. The molecular weight excluding hydrogens is 188 g/mol. The van der Waals surface area contributed by atoms with E-state index in [1.807, 2.05) is 5.38 Å². The van der Waals surface area contributed by atoms with Crippen molar-refractivity contribution in [2.24, 2.45) is 7.05 Å². The third kappa shape index (κ3) is 1.45. The number of aliphatic hydroxyl groups is 1. The highest BCUT2D eigenvalue weighted by Crippen LogP contribution is 2.20. The van der Waals surface area contributed by atoms with Crippen molar-refractivity contribution in [3.63, 3.8) is 0 Å². The van der Waals surface area contributed by atoms with Gasteiger partial charge in [-0.25, -0.2) is 9.97 Å². The lowest BCUT2D eigenvalue weighted by atomic mass is 10.3. The summed E-state index contributed by atoms with van der Waals surface area (Å²) >= 11 is 1.40. The summed E-state index contributed by atoms with van der Waals surface area (Å²) in [6.07, 6.45) is 2.29. The van der Waals surface area contributed by atoms with E-state index in [9.17, 15) is 5.11 Å². The molecule has 2 aromatic heterocycles. The smallest absolute Gasteiger partial charge is 0.165 e. The first-order valence-electron chi connectivity index (χ1n) is 3.70. The van der Waals surface area contributed by atoms with E-state index in [1.165, 1.54) is 22.3 Å². The van der Waals surface area contributed by atoms with Gasteiger partial charge in [0.2, 0.25) is 0 Å². The summed E-state index contributed by atoms with van der Waals surface area (Å²) in [5.74, 6) is 0.509. The highest BCUT2D eigenvalue weighted by atomic mass is 32.1. The van der Waals surface area contributed by atoms with Gasteiger partial charge >= 0.3 is 0 Å². The Morgan fingerprint density at radius 1 is 1.54 bits per heavy atom. The van der Waals surface area contributed by atoms with Gasteiger partial charge in [0.25, 0.3) is 0 Å². The van der Waals surface area contributed by atoms with Gasteiger partial charge in [-0.3, -0.25) is 4.68 Å². The maximum Gasteiger partial charge on any atom is 0.165 e. The summed E-state index contributed by atoms with van der Waals surface area (Å²) in [6.45, 7) is 0. The van der Waals surface area contributed by atoms with Crippen LogP contribution < -0.4 is 0 Å². The third-order valence-corrected chi connectivity index (χ3v) is 2.50. The average molecular weight is 196 g/mol. The maximum absolute atomic E-state index is 9.78. The molecule has 0 amide bonds. The zero-order valence-corrected chi connectivity index (χ0v) is 7.77. The van der Waals surface area contributed by atoms with Crippen molar-refractivity contribution < 1.29 is 5.11 Å². The van der Waals surface area contributed by atoms with E-state index in [-0.39, 0.29) is 0 Å². The highest BCUT2D eigenvalue weighted by molar-refractivity contribution is 7.09. The molecule has 0 fully saturated rings. The summed E-state index contributed by atoms with van der Waals surface area (Å²) in [5.41, 5.74) is 0. The van der Waals surface area contributed by atoms with E-state index in [0.29, 0.717) is 10.8 Å². The first-order valence-corrected chi connectivity index (χ1v) is 4.58. The van der Waals surface area contributed by atoms with Crippen LogP contribution in [-0.2, 0) is 7.05 Å². The Labute approximate surface area is 78.7 Å². The number of thiazole rings is 1. The van der Waals surface area contributed by atoms with Crippen LogP contribution in [0.2, 0.25) is 0 Å². The Hall–Kier alpha value is -1.27. The Kier molecular flexibility index (Phi) is 2.07. The summed E-state index contributed by atoms with van der Waals surface area (Å²) in [6, 6.07) is 0. The molecule has 0 bridgehead atoms. The molecule has 1 atom stereocenters. The van der Waals surface area contributed by atoms with Crippen LogP contribution in [0.1, 0.15) is 16.9 Å². The van der Waals surface area contributed by atoms with Crippen LogP contribution in [0.25, 0.3) is 0 Å². The number of nitrogens with zero attached hydrogens (tertiary/aromatic N) is 4. The second-order valence-electron chi connectivity index (χ2n) is 2.51. The predicted molar refractivity (Wildman–Crippen MR) is 47.2 cm³/mol. The van der Waals surface area contributed by atoms with Gasteiger partial charge in [0, 0.05) is 18.6 Å². The molecule has 68 valence electrons. The quantitative estimate of drug-likeness (QED) is 0.753. The summed E-state index contributed by atoms with van der Waals surface area (Å²) in [7, 11) is 1.74. The van der Waals surface area contributed by atoms with Gasteiger partial charge in [0.05, 0.1) is 0 Å². The van der Waals surface area contributed by atoms with Crippen LogP contribution in [0.4, 0.5) is 0 Å². The second kappa shape index (κ2) is 3.23. The Morgan fingerprint density at radius 2 is 2.38 bits per heavy atom. The van der Waals surface area contributed by atoms with E-state index in [2.05, 4.69) is 15.1 Å². The third-order valence-electron chi connectivity index (χ3n) is 1.68. The van der Waals surface area contributed by atoms with Crippen molar-refractivity contribution >= 4 is 11.3 Å². The zero-order chi connectivity index (χ0) is 9.26. The van der Waals surface area contributed by atoms with Gasteiger partial charge in [-0.15, -0.1) is 11.3 Å². The lowest BCUT2D eigenvalue weighted by Gasteiger charge is -2.04. The molecule has 6 heteroatoms. The van der Waals surface area contributed by atoms with Gasteiger partial charge in [-0.05, 0) is 0 Å². The standard InChI is InChI=1S/C7H8N4OS/c1-11-6(9-4-10-11)5(12)7-8-2-3-13-7/h2-5,12H,1H3. The topological polar surface area (TPSA) is 63.8 Å². The molecule has 0 aliphatic carbocycles. The Balaban J connectivity index is 2.33. The van der Waals surface area contributed by atoms with Crippen molar-refractivity contribution in [3.05, 3.63) is 28.7 Å². The minimum Gasteiger partial charge on any atom is -0.378 e. The Morgan fingerprint density at radius 3 is 2.92 bits per heavy atom. The van der Waals surface area contributed by atoms with Gasteiger partial charge in [0.15, 0.2) is 11.9 Å². The molecule has 2 aromatic rings. The molecule has 0 saturated carbocycles. The fourth-order valence-corrected chi connectivity index (χ4v) is 1.65. The summed E-state index contributed by atoms with van der Waals surface area (Å²) < 4.78 is 1.53. The number of rotatable bonds is 2. The lowest BCUT2D eigenvalue weighted by molar-refractivity contribution is 0.204. The van der Waals surface area contributed by atoms with E-state index >= 15 is 0 Å². The number of aliphatic hydroxyl groups excluding tert-OH is 1. The molecule has 0 aromatic carbocycles. The van der Waals surface area contributed by atoms with Gasteiger partial charge in [-0.1, -0.05) is 0 Å². The van der Waals surface area contributed by atoms with E-state index in [4.69, 9.17) is 0 Å². The monoisotopic (exact) mass is 196 g/mol. The largest absolute Gasteiger partial charge is 0.378 e. The first kappa shape index (κ1) is 8.33. The number of aromatic nitrogens is 4. The zero-order valence-electron chi connectivity index (χ0n) is 6.95. The molecule has 0 aliphatic heterocycles. The molecule has 0 aliphatic rings. The fourth-order valence-electron chi connectivity index (χ4n) is 1.03. The van der Waals surface area contributed by atoms with E-state index in [1.54, 1.807) is 13.2 Å². The van der Waals surface area contributed by atoms with Gasteiger partial charge < -0.3 is 5.11 Å². The van der Waals surface area contributed by atoms with Crippen LogP contribution in [0, 0.1) is 0 Å². The van der Waals surface area contributed by atoms with Crippen molar-refractivity contribution in [2.45, 2.75) is 6.10 Å². The average Bonchev–Trinajstić information content (AvgIpc) is 2.72. The minimum absolute atomic E-state index is 0.509. The molecular formula is C7H8N4OS. The molecule has 1 unspecified atom stereocenters. The van der Waals surface area contributed by atoms with Crippen molar-refractivity contribution in [1.82, 2.24) is 19.7 Å². The number of aryl methyl sites for hydroxylation is 1. The molecule has 13 heavy (non-hydrogen) atoms. The van der Waals surface area contributed by atoms with Crippen LogP contribution in [0.15, 0.2) is 17.9 Å². The van der Waals surface area contributed by atoms with Crippen LogP contribution >= 0.6 is 11.3 Å². The second-order valence-corrected chi connectivity index (χ2v) is 3.44. The molecule has 2 heterocycles. The van der Waals surface area contributed by atoms with Crippen LogP contribution in [0.5, 0.6) is 0 Å². The number of hydrogen-bond acceptors (Lipinski definition) is 5. The number of hydrogen-bond donors (Lipinski definition) is 1. The lowest BCUT2D eigenvalue weighted by Crippen LogP contribution is -2.07. The normalized spacial score (nSPS) is 13.1. The predicted octanol–water partition coefficient (Wildman–Crippen LogP) is 0.353. The fraction of sp³-hybridized carbons (Fsp3) is 0.286. The maximum atomic E-state index is 9.78. The molecule has 0 radical (unpaired) electrons. The first-order chi connectivity index (χ1) is 6.29. The Bertz CT molecular complexity index is 383. The molecule has 0 spiro atoms. The molecule has 2 rings (SSSR count). The van der Waals surface area contributed by atoms with Crippen LogP contribution in [0.3, 0.4) is 0 Å². The molecule has 0 saturated heterocycles. The molecule has 5 nitrogen and oxygen atoms in total. The van der Waals surface area contributed by atoms with E-state index in [0.717, 1.165) is 0 Å². The SMILES string of the molecule is Cn1ncnc1C(O)c1nccs1.